The lowest BCUT2D eigenvalue weighted by Gasteiger charge is -2.17. The molecule has 1 atom stereocenters. The Morgan fingerprint density at radius 2 is 2.33 bits per heavy atom. The van der Waals surface area contributed by atoms with E-state index in [-0.39, 0.29) is 5.92 Å². The fourth-order valence-electron chi connectivity index (χ4n) is 2.36. The van der Waals surface area contributed by atoms with E-state index in [0.717, 1.165) is 17.8 Å². The first kappa shape index (κ1) is 10.6. The van der Waals surface area contributed by atoms with Crippen molar-refractivity contribution >= 4 is 17.3 Å². The quantitative estimate of drug-likeness (QED) is 0.856. The maximum Gasteiger partial charge on any atom is 0.307 e. The highest BCUT2D eigenvalue weighted by Crippen LogP contribution is 2.33. The zero-order valence-corrected chi connectivity index (χ0v) is 9.37. The molecule has 1 aromatic heterocycles. The summed E-state index contributed by atoms with van der Waals surface area (Å²) < 4.78 is 0. The number of aliphatic carboxylic acids is 1. The van der Waals surface area contributed by atoms with Gasteiger partial charge in [0.25, 0.3) is 0 Å². The van der Waals surface area contributed by atoms with Crippen LogP contribution < -0.4 is 0 Å². The van der Waals surface area contributed by atoms with Gasteiger partial charge in [-0.3, -0.25) is 4.79 Å². The number of carbonyl (C=O) groups is 1. The number of aromatic nitrogens is 1. The van der Waals surface area contributed by atoms with Gasteiger partial charge in [-0.05, 0) is 18.8 Å². The molecular weight excluding hydrogens is 210 g/mol. The van der Waals surface area contributed by atoms with Crippen molar-refractivity contribution in [2.45, 2.75) is 32.1 Å². The molecule has 1 unspecified atom stereocenters. The summed E-state index contributed by atoms with van der Waals surface area (Å²) in [6.45, 7) is 0. The molecule has 3 nitrogen and oxygen atoms in total. The topological polar surface area (TPSA) is 50.2 Å². The fourth-order valence-corrected chi connectivity index (χ4v) is 3.03. The van der Waals surface area contributed by atoms with Gasteiger partial charge in [-0.15, -0.1) is 11.3 Å². The van der Waals surface area contributed by atoms with Crippen LogP contribution in [0.25, 0.3) is 0 Å². The Morgan fingerprint density at radius 3 is 2.87 bits per heavy atom. The predicted molar refractivity (Wildman–Crippen MR) is 58.9 cm³/mol. The number of hydrogen-bond donors (Lipinski definition) is 1. The van der Waals surface area contributed by atoms with Gasteiger partial charge in [0.2, 0.25) is 0 Å². The second-order valence-electron chi connectivity index (χ2n) is 4.12. The molecule has 2 rings (SSSR count). The standard InChI is InChI=1S/C11H15NO2S/c13-11(14)9(8-3-1-2-4-8)7-10-12-5-6-15-10/h5-6,8-9H,1-4,7H2,(H,13,14). The van der Waals surface area contributed by atoms with Gasteiger partial charge in [-0.2, -0.15) is 0 Å². The molecule has 0 amide bonds. The molecule has 1 aliphatic rings. The average molecular weight is 225 g/mol. The predicted octanol–water partition coefficient (Wildman–Crippen LogP) is 2.58. The van der Waals surface area contributed by atoms with Crippen LogP contribution in [0.2, 0.25) is 0 Å². The molecular formula is C11H15NO2S. The first-order valence-corrected chi connectivity index (χ1v) is 6.26. The van der Waals surface area contributed by atoms with E-state index in [2.05, 4.69) is 4.98 Å². The number of nitrogens with zero attached hydrogens (tertiary/aromatic N) is 1. The SMILES string of the molecule is O=C(O)C(Cc1nccs1)C1CCCC1. The monoisotopic (exact) mass is 225 g/mol. The number of carboxylic acids is 1. The lowest BCUT2D eigenvalue weighted by molar-refractivity contribution is -0.143. The Labute approximate surface area is 93.2 Å². The summed E-state index contributed by atoms with van der Waals surface area (Å²) in [6, 6.07) is 0. The molecule has 0 radical (unpaired) electrons. The normalized spacial score (nSPS) is 19.2. The Balaban J connectivity index is 2.03. The van der Waals surface area contributed by atoms with E-state index < -0.39 is 5.97 Å². The third kappa shape index (κ3) is 2.56. The zero-order chi connectivity index (χ0) is 10.7. The van der Waals surface area contributed by atoms with Crippen LogP contribution in [0, 0.1) is 11.8 Å². The third-order valence-corrected chi connectivity index (χ3v) is 3.97. The number of hydrogen-bond acceptors (Lipinski definition) is 3. The van der Waals surface area contributed by atoms with Gasteiger partial charge in [-0.25, -0.2) is 4.98 Å². The molecule has 0 aliphatic heterocycles. The summed E-state index contributed by atoms with van der Waals surface area (Å²) in [5.41, 5.74) is 0. The molecule has 1 N–H and O–H groups in total. The maximum absolute atomic E-state index is 11.2. The van der Waals surface area contributed by atoms with Gasteiger partial charge in [0.05, 0.1) is 10.9 Å². The van der Waals surface area contributed by atoms with Gasteiger partial charge in [0.1, 0.15) is 0 Å². The van der Waals surface area contributed by atoms with Crippen molar-refractivity contribution in [3.8, 4) is 0 Å². The lowest BCUT2D eigenvalue weighted by atomic mass is 9.88. The van der Waals surface area contributed by atoms with Gasteiger partial charge in [0.15, 0.2) is 0 Å². The second-order valence-corrected chi connectivity index (χ2v) is 5.10. The van der Waals surface area contributed by atoms with Crippen molar-refractivity contribution < 1.29 is 9.90 Å². The highest BCUT2D eigenvalue weighted by Gasteiger charge is 2.31. The van der Waals surface area contributed by atoms with Crippen LogP contribution in [0.3, 0.4) is 0 Å². The second kappa shape index (κ2) is 4.75. The summed E-state index contributed by atoms with van der Waals surface area (Å²) in [7, 11) is 0. The van der Waals surface area contributed by atoms with Crippen molar-refractivity contribution in [3.05, 3.63) is 16.6 Å². The molecule has 0 bridgehead atoms. The number of thiazole rings is 1. The Morgan fingerprint density at radius 1 is 1.60 bits per heavy atom. The van der Waals surface area contributed by atoms with Gasteiger partial charge >= 0.3 is 5.97 Å². The summed E-state index contributed by atoms with van der Waals surface area (Å²) in [4.78, 5) is 15.4. The third-order valence-electron chi connectivity index (χ3n) is 3.16. The molecule has 1 fully saturated rings. The highest BCUT2D eigenvalue weighted by atomic mass is 32.1. The van der Waals surface area contributed by atoms with E-state index in [4.69, 9.17) is 0 Å². The molecule has 1 saturated carbocycles. The van der Waals surface area contributed by atoms with E-state index in [9.17, 15) is 9.90 Å². The highest BCUT2D eigenvalue weighted by molar-refractivity contribution is 7.09. The Hall–Kier alpha value is -0.900. The molecule has 0 spiro atoms. The molecule has 0 saturated heterocycles. The molecule has 1 heterocycles. The van der Waals surface area contributed by atoms with Crippen LogP contribution in [0.5, 0.6) is 0 Å². The number of rotatable bonds is 4. The minimum Gasteiger partial charge on any atom is -0.481 e. The average Bonchev–Trinajstić information content (AvgIpc) is 2.87. The molecule has 1 aliphatic carbocycles. The summed E-state index contributed by atoms with van der Waals surface area (Å²) in [5.74, 6) is -0.512. The van der Waals surface area contributed by atoms with Crippen molar-refractivity contribution in [2.75, 3.05) is 0 Å². The largest absolute Gasteiger partial charge is 0.481 e. The molecule has 15 heavy (non-hydrogen) atoms. The first-order valence-electron chi connectivity index (χ1n) is 5.38. The lowest BCUT2D eigenvalue weighted by Crippen LogP contribution is -2.24. The van der Waals surface area contributed by atoms with E-state index in [1.165, 1.54) is 12.8 Å². The Kier molecular flexibility index (Phi) is 3.36. The molecule has 4 heteroatoms. The molecule has 82 valence electrons. The van der Waals surface area contributed by atoms with Crippen LogP contribution in [0.1, 0.15) is 30.7 Å². The molecule has 1 aromatic rings. The van der Waals surface area contributed by atoms with E-state index in [1.54, 1.807) is 17.5 Å². The molecule has 0 aromatic carbocycles. The van der Waals surface area contributed by atoms with Crippen LogP contribution in [0.15, 0.2) is 11.6 Å². The van der Waals surface area contributed by atoms with Gasteiger partial charge in [0, 0.05) is 18.0 Å². The minimum atomic E-state index is -0.655. The first-order chi connectivity index (χ1) is 7.27. The van der Waals surface area contributed by atoms with Crippen LogP contribution in [-0.2, 0) is 11.2 Å². The fraction of sp³-hybridized carbons (Fsp3) is 0.636. The summed E-state index contributed by atoms with van der Waals surface area (Å²) in [5, 5.41) is 12.1. The van der Waals surface area contributed by atoms with Gasteiger partial charge in [-0.1, -0.05) is 12.8 Å². The van der Waals surface area contributed by atoms with E-state index >= 15 is 0 Å². The van der Waals surface area contributed by atoms with Crippen molar-refractivity contribution in [1.82, 2.24) is 4.98 Å². The van der Waals surface area contributed by atoms with Crippen molar-refractivity contribution in [1.29, 1.82) is 0 Å². The zero-order valence-electron chi connectivity index (χ0n) is 8.56. The van der Waals surface area contributed by atoms with E-state index in [0.29, 0.717) is 12.3 Å². The van der Waals surface area contributed by atoms with Crippen LogP contribution in [-0.4, -0.2) is 16.1 Å². The Bertz CT molecular complexity index is 317. The van der Waals surface area contributed by atoms with Crippen molar-refractivity contribution in [3.63, 3.8) is 0 Å². The van der Waals surface area contributed by atoms with Crippen LogP contribution in [0.4, 0.5) is 0 Å². The number of carboxylic acid groups (broad SMARTS) is 1. The van der Waals surface area contributed by atoms with Crippen LogP contribution >= 0.6 is 11.3 Å². The summed E-state index contributed by atoms with van der Waals surface area (Å²) >= 11 is 1.55. The van der Waals surface area contributed by atoms with Crippen molar-refractivity contribution in [2.24, 2.45) is 11.8 Å². The summed E-state index contributed by atoms with van der Waals surface area (Å²) in [6.07, 6.45) is 6.87. The smallest absolute Gasteiger partial charge is 0.307 e. The van der Waals surface area contributed by atoms with Gasteiger partial charge < -0.3 is 5.11 Å². The maximum atomic E-state index is 11.2. The minimum absolute atomic E-state index is 0.223. The van der Waals surface area contributed by atoms with E-state index in [1.807, 2.05) is 5.38 Å².